The molecule has 1 aromatic rings. The van der Waals surface area contributed by atoms with Gasteiger partial charge in [0.25, 0.3) is 0 Å². The minimum absolute atomic E-state index is 0.128. The molecule has 2 atom stereocenters. The van der Waals surface area contributed by atoms with Gasteiger partial charge in [-0.05, 0) is 37.0 Å². The number of benzene rings is 1. The Balaban J connectivity index is 2.21. The molecule has 1 aromatic carbocycles. The number of hydrogen-bond donors (Lipinski definition) is 3. The average molecular weight is 269 g/mol. The lowest BCUT2D eigenvalue weighted by Gasteiger charge is -2.40. The quantitative estimate of drug-likeness (QED) is 0.738. The van der Waals surface area contributed by atoms with Gasteiger partial charge in [0.1, 0.15) is 0 Å². The number of rotatable bonds is 3. The molecule has 0 aliphatic heterocycles. The molecule has 0 saturated heterocycles. The summed E-state index contributed by atoms with van der Waals surface area (Å²) in [6, 6.07) is 5.40. The Morgan fingerprint density at radius 2 is 2.33 bits per heavy atom. The van der Waals surface area contributed by atoms with E-state index in [9.17, 15) is 5.11 Å². The van der Waals surface area contributed by atoms with Crippen molar-refractivity contribution in [3.8, 4) is 0 Å². The number of nitrogens with two attached hydrogens (primary N) is 1. The Morgan fingerprint density at radius 1 is 1.56 bits per heavy atom. The van der Waals surface area contributed by atoms with E-state index >= 15 is 0 Å². The predicted molar refractivity (Wildman–Crippen MR) is 76.9 cm³/mol. The van der Waals surface area contributed by atoms with Gasteiger partial charge >= 0.3 is 0 Å². The van der Waals surface area contributed by atoms with Gasteiger partial charge in [-0.2, -0.15) is 0 Å². The minimum Gasteiger partial charge on any atom is -0.397 e. The summed E-state index contributed by atoms with van der Waals surface area (Å²) in [4.78, 5) is 0. The third-order valence-corrected chi connectivity index (χ3v) is 4.04. The Morgan fingerprint density at radius 3 is 3.00 bits per heavy atom. The van der Waals surface area contributed by atoms with Crippen molar-refractivity contribution in [2.75, 3.05) is 17.7 Å². The van der Waals surface area contributed by atoms with Gasteiger partial charge in [-0.25, -0.2) is 0 Å². The van der Waals surface area contributed by atoms with E-state index in [1.807, 2.05) is 6.07 Å². The second-order valence-corrected chi connectivity index (χ2v) is 5.93. The molecule has 3 nitrogen and oxygen atoms in total. The molecule has 18 heavy (non-hydrogen) atoms. The first kappa shape index (κ1) is 13.5. The second kappa shape index (κ2) is 5.37. The first-order chi connectivity index (χ1) is 8.54. The van der Waals surface area contributed by atoms with Crippen molar-refractivity contribution in [3.05, 3.63) is 23.2 Å². The number of nitrogen functional groups attached to an aromatic ring is 1. The number of aliphatic hydroxyl groups excluding tert-OH is 1. The molecule has 0 radical (unpaired) electrons. The maximum absolute atomic E-state index is 9.74. The van der Waals surface area contributed by atoms with Crippen molar-refractivity contribution in [1.29, 1.82) is 0 Å². The SMILES string of the molecule is CC1CCCC(CO)(Nc2cc(Cl)ccc2N)C1. The van der Waals surface area contributed by atoms with E-state index in [1.54, 1.807) is 12.1 Å². The van der Waals surface area contributed by atoms with Gasteiger partial charge in [-0.3, -0.25) is 0 Å². The fraction of sp³-hybridized carbons (Fsp3) is 0.571. The Kier molecular flexibility index (Phi) is 4.03. The lowest BCUT2D eigenvalue weighted by molar-refractivity contribution is 0.149. The van der Waals surface area contributed by atoms with Gasteiger partial charge in [0, 0.05) is 5.02 Å². The van der Waals surface area contributed by atoms with Crippen LogP contribution in [-0.2, 0) is 0 Å². The van der Waals surface area contributed by atoms with Crippen LogP contribution in [0.4, 0.5) is 11.4 Å². The highest BCUT2D eigenvalue weighted by Crippen LogP contribution is 2.36. The van der Waals surface area contributed by atoms with Crippen LogP contribution in [0.3, 0.4) is 0 Å². The molecular weight excluding hydrogens is 248 g/mol. The van der Waals surface area contributed by atoms with Crippen LogP contribution in [0.15, 0.2) is 18.2 Å². The monoisotopic (exact) mass is 268 g/mol. The zero-order valence-electron chi connectivity index (χ0n) is 10.7. The van der Waals surface area contributed by atoms with Gasteiger partial charge in [-0.15, -0.1) is 0 Å². The van der Waals surface area contributed by atoms with Crippen LogP contribution in [-0.4, -0.2) is 17.3 Å². The molecule has 4 N–H and O–H groups in total. The maximum atomic E-state index is 9.74. The van der Waals surface area contributed by atoms with E-state index in [2.05, 4.69) is 12.2 Å². The molecule has 100 valence electrons. The van der Waals surface area contributed by atoms with Crippen LogP contribution in [0.1, 0.15) is 32.6 Å². The van der Waals surface area contributed by atoms with Crippen LogP contribution in [0.25, 0.3) is 0 Å². The Bertz CT molecular complexity index is 424. The smallest absolute Gasteiger partial charge is 0.0661 e. The minimum atomic E-state index is -0.254. The Labute approximate surface area is 113 Å². The summed E-state index contributed by atoms with van der Waals surface area (Å²) in [6.07, 6.45) is 4.30. The van der Waals surface area contributed by atoms with E-state index in [1.165, 1.54) is 6.42 Å². The molecule has 0 heterocycles. The van der Waals surface area contributed by atoms with Gasteiger partial charge in [0.15, 0.2) is 0 Å². The van der Waals surface area contributed by atoms with Gasteiger partial charge in [0.2, 0.25) is 0 Å². The fourth-order valence-corrected chi connectivity index (χ4v) is 3.05. The summed E-state index contributed by atoms with van der Waals surface area (Å²) in [5.74, 6) is 0.624. The predicted octanol–water partition coefficient (Wildman–Crippen LogP) is 3.28. The van der Waals surface area contributed by atoms with Crippen molar-refractivity contribution in [2.45, 2.75) is 38.1 Å². The molecule has 1 aliphatic rings. The number of anilines is 2. The van der Waals surface area contributed by atoms with Gasteiger partial charge in [-0.1, -0.05) is 31.4 Å². The third kappa shape index (κ3) is 2.90. The highest BCUT2D eigenvalue weighted by atomic mass is 35.5. The molecule has 4 heteroatoms. The maximum Gasteiger partial charge on any atom is 0.0661 e. The van der Waals surface area contributed by atoms with Gasteiger partial charge < -0.3 is 16.2 Å². The first-order valence-corrected chi connectivity index (χ1v) is 6.86. The van der Waals surface area contributed by atoms with Gasteiger partial charge in [0.05, 0.1) is 23.5 Å². The summed E-state index contributed by atoms with van der Waals surface area (Å²) in [6.45, 7) is 2.36. The molecule has 0 spiro atoms. The summed E-state index contributed by atoms with van der Waals surface area (Å²) in [5, 5.41) is 13.8. The highest BCUT2D eigenvalue weighted by molar-refractivity contribution is 6.31. The summed E-state index contributed by atoms with van der Waals surface area (Å²) >= 11 is 5.99. The van der Waals surface area contributed by atoms with Crippen molar-refractivity contribution in [1.82, 2.24) is 0 Å². The van der Waals surface area contributed by atoms with Crippen LogP contribution >= 0.6 is 11.6 Å². The van der Waals surface area contributed by atoms with E-state index < -0.39 is 0 Å². The van der Waals surface area contributed by atoms with Crippen molar-refractivity contribution < 1.29 is 5.11 Å². The van der Waals surface area contributed by atoms with E-state index in [0.29, 0.717) is 16.6 Å². The zero-order chi connectivity index (χ0) is 13.2. The molecule has 2 rings (SSSR count). The average Bonchev–Trinajstić information content (AvgIpc) is 2.34. The molecule has 0 amide bonds. The van der Waals surface area contributed by atoms with Crippen molar-refractivity contribution >= 4 is 23.0 Å². The molecule has 1 saturated carbocycles. The summed E-state index contributed by atoms with van der Waals surface area (Å²) < 4.78 is 0. The summed E-state index contributed by atoms with van der Waals surface area (Å²) in [7, 11) is 0. The molecule has 0 aromatic heterocycles. The number of hydrogen-bond acceptors (Lipinski definition) is 3. The molecule has 2 unspecified atom stereocenters. The molecule has 0 bridgehead atoms. The molecule has 1 aliphatic carbocycles. The lowest BCUT2D eigenvalue weighted by atomic mass is 9.76. The zero-order valence-corrected chi connectivity index (χ0v) is 11.5. The van der Waals surface area contributed by atoms with Crippen LogP contribution in [0, 0.1) is 5.92 Å². The number of aliphatic hydroxyl groups is 1. The fourth-order valence-electron chi connectivity index (χ4n) is 2.88. The second-order valence-electron chi connectivity index (χ2n) is 5.50. The summed E-state index contributed by atoms with van der Waals surface area (Å²) in [5.41, 5.74) is 7.19. The van der Waals surface area contributed by atoms with Crippen LogP contribution < -0.4 is 11.1 Å². The van der Waals surface area contributed by atoms with E-state index in [-0.39, 0.29) is 12.1 Å². The van der Waals surface area contributed by atoms with E-state index in [0.717, 1.165) is 24.9 Å². The lowest BCUT2D eigenvalue weighted by Crippen LogP contribution is -2.46. The van der Waals surface area contributed by atoms with Crippen molar-refractivity contribution in [3.63, 3.8) is 0 Å². The van der Waals surface area contributed by atoms with Crippen LogP contribution in [0.5, 0.6) is 0 Å². The standard InChI is InChI=1S/C14H21ClN2O/c1-10-3-2-6-14(8-10,9-18)17-13-7-11(15)4-5-12(13)16/h4-5,7,10,17-18H,2-3,6,8-9,16H2,1H3. The molecule has 1 fully saturated rings. The normalized spacial score (nSPS) is 28.1. The number of halogens is 1. The van der Waals surface area contributed by atoms with E-state index in [4.69, 9.17) is 17.3 Å². The number of nitrogens with one attached hydrogen (secondary N) is 1. The largest absolute Gasteiger partial charge is 0.397 e. The Hall–Kier alpha value is -0.930. The van der Waals surface area contributed by atoms with Crippen molar-refractivity contribution in [2.24, 2.45) is 5.92 Å². The third-order valence-electron chi connectivity index (χ3n) is 3.81. The highest BCUT2D eigenvalue weighted by Gasteiger charge is 2.34. The topological polar surface area (TPSA) is 58.3 Å². The molecular formula is C14H21ClN2O. The first-order valence-electron chi connectivity index (χ1n) is 6.49. The van der Waals surface area contributed by atoms with Crippen LogP contribution in [0.2, 0.25) is 5.02 Å².